The van der Waals surface area contributed by atoms with Crippen molar-refractivity contribution in [2.75, 3.05) is 7.11 Å². The summed E-state index contributed by atoms with van der Waals surface area (Å²) >= 11 is 0. The minimum Gasteiger partial charge on any atom is -0.497 e. The Labute approximate surface area is 109 Å². The summed E-state index contributed by atoms with van der Waals surface area (Å²) in [5, 5.41) is 2.84. The lowest BCUT2D eigenvalue weighted by Gasteiger charge is -2.11. The second-order valence-corrected chi connectivity index (χ2v) is 4.31. The van der Waals surface area contributed by atoms with Crippen molar-refractivity contribution >= 4 is 5.91 Å². The molecule has 1 amide bonds. The van der Waals surface area contributed by atoms with E-state index in [1.807, 2.05) is 24.3 Å². The quantitative estimate of drug-likeness (QED) is 0.776. The van der Waals surface area contributed by atoms with Gasteiger partial charge < -0.3 is 15.8 Å². The largest absolute Gasteiger partial charge is 0.497 e. The number of hydrogen-bond acceptors (Lipinski definition) is 3. The topological polar surface area (TPSA) is 64.4 Å². The van der Waals surface area contributed by atoms with E-state index in [1.165, 1.54) is 0 Å². The summed E-state index contributed by atoms with van der Waals surface area (Å²) in [5.74, 6) is 0.726. The molecule has 0 bridgehead atoms. The molecule has 0 saturated heterocycles. The number of rotatable bonds is 7. The molecule has 0 fully saturated rings. The highest BCUT2D eigenvalue weighted by Crippen LogP contribution is 2.11. The third kappa shape index (κ3) is 4.75. The second kappa shape index (κ2) is 7.71. The van der Waals surface area contributed by atoms with Crippen LogP contribution in [0.3, 0.4) is 0 Å². The molecule has 1 aromatic rings. The zero-order valence-corrected chi connectivity index (χ0v) is 11.1. The van der Waals surface area contributed by atoms with Crippen LogP contribution in [0.2, 0.25) is 0 Å². The highest BCUT2D eigenvalue weighted by Gasteiger charge is 2.11. The fraction of sp³-hybridized carbons (Fsp3) is 0.500. The number of methoxy groups -OCH3 is 1. The van der Waals surface area contributed by atoms with E-state index in [-0.39, 0.29) is 5.91 Å². The summed E-state index contributed by atoms with van der Waals surface area (Å²) < 4.78 is 5.07. The minimum atomic E-state index is -0.400. The average Bonchev–Trinajstić information content (AvgIpc) is 2.42. The van der Waals surface area contributed by atoms with Crippen LogP contribution in [0.25, 0.3) is 0 Å². The summed E-state index contributed by atoms with van der Waals surface area (Å²) in [6.45, 7) is 2.59. The first-order chi connectivity index (χ1) is 8.67. The minimum absolute atomic E-state index is 0.0840. The molecule has 1 aromatic carbocycles. The fourth-order valence-corrected chi connectivity index (χ4v) is 1.62. The SMILES string of the molecule is CCCC[C@@H](N)C(=O)NCc1ccc(OC)cc1. The van der Waals surface area contributed by atoms with Crippen LogP contribution >= 0.6 is 0 Å². The van der Waals surface area contributed by atoms with E-state index in [4.69, 9.17) is 10.5 Å². The number of hydrogen-bond donors (Lipinski definition) is 2. The molecule has 3 N–H and O–H groups in total. The molecule has 0 radical (unpaired) electrons. The van der Waals surface area contributed by atoms with Crippen LogP contribution in [0.15, 0.2) is 24.3 Å². The molecule has 0 aliphatic heterocycles. The summed E-state index contributed by atoms with van der Waals surface area (Å²) in [6, 6.07) is 7.20. The normalized spacial score (nSPS) is 11.9. The van der Waals surface area contributed by atoms with Crippen molar-refractivity contribution in [1.29, 1.82) is 0 Å². The van der Waals surface area contributed by atoms with E-state index in [0.717, 1.165) is 30.6 Å². The van der Waals surface area contributed by atoms with E-state index in [1.54, 1.807) is 7.11 Å². The van der Waals surface area contributed by atoms with Crippen LogP contribution in [0.4, 0.5) is 0 Å². The first-order valence-electron chi connectivity index (χ1n) is 6.33. The van der Waals surface area contributed by atoms with Gasteiger partial charge in [0.25, 0.3) is 0 Å². The average molecular weight is 250 g/mol. The molecule has 0 aliphatic carbocycles. The van der Waals surface area contributed by atoms with E-state index >= 15 is 0 Å². The Morgan fingerprint density at radius 2 is 2.06 bits per heavy atom. The maximum absolute atomic E-state index is 11.7. The van der Waals surface area contributed by atoms with Crippen LogP contribution in [0.1, 0.15) is 31.7 Å². The molecule has 4 nitrogen and oxygen atoms in total. The van der Waals surface area contributed by atoms with Crippen LogP contribution in [-0.4, -0.2) is 19.1 Å². The molecule has 0 unspecified atom stereocenters. The molecule has 0 spiro atoms. The number of carbonyl (C=O) groups excluding carboxylic acids is 1. The zero-order valence-electron chi connectivity index (χ0n) is 11.1. The number of ether oxygens (including phenoxy) is 1. The van der Waals surface area contributed by atoms with E-state index < -0.39 is 6.04 Å². The van der Waals surface area contributed by atoms with Gasteiger partial charge in [-0.25, -0.2) is 0 Å². The van der Waals surface area contributed by atoms with Gasteiger partial charge in [0.1, 0.15) is 5.75 Å². The second-order valence-electron chi connectivity index (χ2n) is 4.31. The van der Waals surface area contributed by atoms with Gasteiger partial charge >= 0.3 is 0 Å². The molecular formula is C14H22N2O2. The molecule has 1 rings (SSSR count). The van der Waals surface area contributed by atoms with Gasteiger partial charge in [0.2, 0.25) is 5.91 Å². The highest BCUT2D eigenvalue weighted by molar-refractivity contribution is 5.81. The Kier molecular flexibility index (Phi) is 6.22. The van der Waals surface area contributed by atoms with Crippen molar-refractivity contribution < 1.29 is 9.53 Å². The molecule has 0 heterocycles. The van der Waals surface area contributed by atoms with Gasteiger partial charge in [0.05, 0.1) is 13.2 Å². The third-order valence-electron chi connectivity index (χ3n) is 2.83. The standard InChI is InChI=1S/C14H22N2O2/c1-3-4-5-13(15)14(17)16-10-11-6-8-12(18-2)9-7-11/h6-9,13H,3-5,10,15H2,1-2H3,(H,16,17)/t13-/m1/s1. The van der Waals surface area contributed by atoms with Gasteiger partial charge in [-0.3, -0.25) is 4.79 Å². The lowest BCUT2D eigenvalue weighted by Crippen LogP contribution is -2.40. The zero-order chi connectivity index (χ0) is 13.4. The number of unbranched alkanes of at least 4 members (excludes halogenated alkanes) is 1. The first-order valence-corrected chi connectivity index (χ1v) is 6.33. The third-order valence-corrected chi connectivity index (χ3v) is 2.83. The summed E-state index contributed by atoms with van der Waals surface area (Å²) in [5.41, 5.74) is 6.82. The molecule has 0 aliphatic rings. The Morgan fingerprint density at radius 3 is 2.61 bits per heavy atom. The molecule has 1 atom stereocenters. The Balaban J connectivity index is 2.37. The van der Waals surface area contributed by atoms with Gasteiger partial charge in [0, 0.05) is 6.54 Å². The van der Waals surface area contributed by atoms with Crippen molar-refractivity contribution in [3.05, 3.63) is 29.8 Å². The molecule has 0 saturated carbocycles. The van der Waals surface area contributed by atoms with Crippen molar-refractivity contribution in [3.63, 3.8) is 0 Å². The predicted molar refractivity (Wildman–Crippen MR) is 72.3 cm³/mol. The lowest BCUT2D eigenvalue weighted by atomic mass is 10.1. The van der Waals surface area contributed by atoms with Crippen molar-refractivity contribution in [2.45, 2.75) is 38.8 Å². The van der Waals surface area contributed by atoms with Gasteiger partial charge in [-0.05, 0) is 24.1 Å². The van der Waals surface area contributed by atoms with Crippen molar-refractivity contribution in [1.82, 2.24) is 5.32 Å². The number of benzene rings is 1. The van der Waals surface area contributed by atoms with Crippen LogP contribution in [-0.2, 0) is 11.3 Å². The van der Waals surface area contributed by atoms with Crippen LogP contribution in [0.5, 0.6) is 5.75 Å². The first kappa shape index (κ1) is 14.5. The Hall–Kier alpha value is -1.55. The van der Waals surface area contributed by atoms with Crippen molar-refractivity contribution in [3.8, 4) is 5.75 Å². The number of nitrogens with one attached hydrogen (secondary N) is 1. The molecular weight excluding hydrogens is 228 g/mol. The molecule has 100 valence electrons. The van der Waals surface area contributed by atoms with Gasteiger partial charge in [-0.15, -0.1) is 0 Å². The number of carbonyl (C=O) groups is 1. The number of amides is 1. The maximum atomic E-state index is 11.7. The maximum Gasteiger partial charge on any atom is 0.237 e. The summed E-state index contributed by atoms with van der Waals surface area (Å²) in [7, 11) is 1.63. The smallest absolute Gasteiger partial charge is 0.237 e. The van der Waals surface area contributed by atoms with Crippen LogP contribution < -0.4 is 15.8 Å². The Morgan fingerprint density at radius 1 is 1.39 bits per heavy atom. The molecule has 18 heavy (non-hydrogen) atoms. The van der Waals surface area contributed by atoms with Crippen LogP contribution in [0, 0.1) is 0 Å². The van der Waals surface area contributed by atoms with Gasteiger partial charge in [0.15, 0.2) is 0 Å². The van der Waals surface area contributed by atoms with Gasteiger partial charge in [-0.2, -0.15) is 0 Å². The lowest BCUT2D eigenvalue weighted by molar-refractivity contribution is -0.122. The molecule has 0 aromatic heterocycles. The predicted octanol–water partition coefficient (Wildman–Crippen LogP) is 1.83. The monoisotopic (exact) mass is 250 g/mol. The summed E-state index contributed by atoms with van der Waals surface area (Å²) in [6.07, 6.45) is 2.78. The van der Waals surface area contributed by atoms with E-state index in [0.29, 0.717) is 6.54 Å². The number of nitrogens with two attached hydrogens (primary N) is 1. The van der Waals surface area contributed by atoms with Gasteiger partial charge in [-0.1, -0.05) is 31.9 Å². The summed E-state index contributed by atoms with van der Waals surface area (Å²) in [4.78, 5) is 11.7. The Bertz CT molecular complexity index is 363. The van der Waals surface area contributed by atoms with E-state index in [2.05, 4.69) is 12.2 Å². The highest BCUT2D eigenvalue weighted by atomic mass is 16.5. The molecule has 4 heteroatoms. The van der Waals surface area contributed by atoms with E-state index in [9.17, 15) is 4.79 Å². The fourth-order valence-electron chi connectivity index (χ4n) is 1.62. The van der Waals surface area contributed by atoms with Crippen molar-refractivity contribution in [2.24, 2.45) is 5.73 Å².